The molecule has 0 aromatic heterocycles. The lowest BCUT2D eigenvalue weighted by molar-refractivity contribution is -0.121. The number of anilines is 1. The van der Waals surface area contributed by atoms with E-state index < -0.39 is 0 Å². The summed E-state index contributed by atoms with van der Waals surface area (Å²) in [6.45, 7) is 5.62. The first-order chi connectivity index (χ1) is 11.9. The number of nitrogens with one attached hydrogen (secondary N) is 2. The van der Waals surface area contributed by atoms with Crippen molar-refractivity contribution in [2.45, 2.75) is 62.6 Å². The second-order valence-electron chi connectivity index (χ2n) is 7.60. The van der Waals surface area contributed by atoms with Crippen molar-refractivity contribution in [3.05, 3.63) is 24.3 Å². The number of fused-ring (bicyclic) bond motifs is 2. The number of thioether (sulfide) groups is 1. The van der Waals surface area contributed by atoms with Crippen LogP contribution in [0.25, 0.3) is 0 Å². The predicted octanol–water partition coefficient (Wildman–Crippen LogP) is 4.07. The van der Waals surface area contributed by atoms with Crippen molar-refractivity contribution in [1.82, 2.24) is 5.32 Å². The van der Waals surface area contributed by atoms with Gasteiger partial charge in [0.25, 0.3) is 0 Å². The quantitative estimate of drug-likeness (QED) is 0.752. The van der Waals surface area contributed by atoms with Gasteiger partial charge in [-0.2, -0.15) is 0 Å². The van der Waals surface area contributed by atoms with Crippen LogP contribution >= 0.6 is 11.8 Å². The predicted molar refractivity (Wildman–Crippen MR) is 103 cm³/mol. The SMILES string of the molecule is CC(=O)Nc1ccc(S[C@H](C)C(=O)N[C@@H](C)[C@H]2C[C@@H]3CC[C@@H]2C3)cc1. The molecule has 2 aliphatic carbocycles. The van der Waals surface area contributed by atoms with Crippen LogP contribution < -0.4 is 10.6 Å². The van der Waals surface area contributed by atoms with Crippen LogP contribution in [0.2, 0.25) is 0 Å². The fraction of sp³-hybridized carbons (Fsp3) is 0.600. The largest absolute Gasteiger partial charge is 0.352 e. The number of amides is 2. The van der Waals surface area contributed by atoms with Crippen LogP contribution in [0.5, 0.6) is 0 Å². The molecule has 136 valence electrons. The first-order valence-corrected chi connectivity index (χ1v) is 10.1. The Morgan fingerprint density at radius 1 is 1.12 bits per heavy atom. The van der Waals surface area contributed by atoms with Gasteiger partial charge in [0.2, 0.25) is 11.8 Å². The summed E-state index contributed by atoms with van der Waals surface area (Å²) in [5.41, 5.74) is 0.777. The molecular formula is C20H28N2O2S. The van der Waals surface area contributed by atoms with Crippen molar-refractivity contribution in [3.8, 4) is 0 Å². The summed E-state index contributed by atoms with van der Waals surface area (Å²) < 4.78 is 0. The standard InChI is InChI=1S/C20H28N2O2S/c1-12(19-11-15-4-5-16(19)10-15)21-20(24)13(2)25-18-8-6-17(7-9-18)22-14(3)23/h6-9,12-13,15-16,19H,4-5,10-11H2,1-3H3,(H,21,24)(H,22,23)/t12-,13+,15+,16+,19+/m0/s1. The molecule has 2 aliphatic rings. The van der Waals surface area contributed by atoms with Crippen molar-refractivity contribution in [2.24, 2.45) is 17.8 Å². The third-order valence-corrected chi connectivity index (χ3v) is 6.77. The number of benzene rings is 1. The van der Waals surface area contributed by atoms with Gasteiger partial charge < -0.3 is 10.6 Å². The molecule has 0 radical (unpaired) electrons. The van der Waals surface area contributed by atoms with E-state index in [9.17, 15) is 9.59 Å². The average Bonchev–Trinajstić information content (AvgIpc) is 3.19. The minimum Gasteiger partial charge on any atom is -0.352 e. The first kappa shape index (κ1) is 18.3. The fourth-order valence-electron chi connectivity index (χ4n) is 4.43. The number of hydrogen-bond acceptors (Lipinski definition) is 3. The molecule has 5 heteroatoms. The highest BCUT2D eigenvalue weighted by atomic mass is 32.2. The smallest absolute Gasteiger partial charge is 0.233 e. The molecule has 25 heavy (non-hydrogen) atoms. The Morgan fingerprint density at radius 2 is 1.84 bits per heavy atom. The first-order valence-electron chi connectivity index (χ1n) is 9.27. The third kappa shape index (κ3) is 4.57. The van der Waals surface area contributed by atoms with Crippen LogP contribution in [-0.4, -0.2) is 23.1 Å². The molecule has 2 fully saturated rings. The molecule has 2 saturated carbocycles. The van der Waals surface area contributed by atoms with E-state index in [0.29, 0.717) is 5.92 Å². The lowest BCUT2D eigenvalue weighted by atomic mass is 9.84. The summed E-state index contributed by atoms with van der Waals surface area (Å²) in [6, 6.07) is 7.89. The Balaban J connectivity index is 1.49. The Labute approximate surface area is 154 Å². The van der Waals surface area contributed by atoms with Crippen molar-refractivity contribution < 1.29 is 9.59 Å². The lowest BCUT2D eigenvalue weighted by Crippen LogP contribution is -2.43. The molecule has 2 bridgehead atoms. The highest BCUT2D eigenvalue weighted by Gasteiger charge is 2.42. The third-order valence-electron chi connectivity index (χ3n) is 5.66. The Kier molecular flexibility index (Phi) is 5.72. The maximum absolute atomic E-state index is 12.5. The zero-order valence-corrected chi connectivity index (χ0v) is 16.1. The van der Waals surface area contributed by atoms with Crippen LogP contribution in [0.15, 0.2) is 29.2 Å². The molecule has 2 N–H and O–H groups in total. The van der Waals surface area contributed by atoms with Crippen LogP contribution in [0.4, 0.5) is 5.69 Å². The normalized spacial score (nSPS) is 26.9. The van der Waals surface area contributed by atoms with Crippen molar-refractivity contribution in [2.75, 3.05) is 5.32 Å². The van der Waals surface area contributed by atoms with Crippen molar-refractivity contribution >= 4 is 29.3 Å². The Hall–Kier alpha value is -1.49. The molecule has 0 saturated heterocycles. The van der Waals surface area contributed by atoms with Gasteiger partial charge in [0.15, 0.2) is 0 Å². The maximum atomic E-state index is 12.5. The van der Waals surface area contributed by atoms with Gasteiger partial charge >= 0.3 is 0 Å². The molecule has 5 atom stereocenters. The summed E-state index contributed by atoms with van der Waals surface area (Å²) in [4.78, 5) is 24.6. The molecule has 0 spiro atoms. The number of hydrogen-bond donors (Lipinski definition) is 2. The van der Waals surface area contributed by atoms with Crippen LogP contribution in [-0.2, 0) is 9.59 Å². The summed E-state index contributed by atoms with van der Waals surface area (Å²) in [7, 11) is 0. The van der Waals surface area contributed by atoms with Gasteiger partial charge in [-0.25, -0.2) is 0 Å². The second-order valence-corrected chi connectivity index (χ2v) is 9.02. The summed E-state index contributed by atoms with van der Waals surface area (Å²) >= 11 is 1.55. The summed E-state index contributed by atoms with van der Waals surface area (Å²) in [5, 5.41) is 5.87. The molecule has 1 aromatic carbocycles. The van der Waals surface area contributed by atoms with Gasteiger partial charge in [0.1, 0.15) is 0 Å². The van der Waals surface area contributed by atoms with Gasteiger partial charge in [-0.3, -0.25) is 9.59 Å². The summed E-state index contributed by atoms with van der Waals surface area (Å²) in [6.07, 6.45) is 5.40. The molecule has 4 nitrogen and oxygen atoms in total. The van der Waals surface area contributed by atoms with E-state index in [0.717, 1.165) is 22.4 Å². The maximum Gasteiger partial charge on any atom is 0.233 e. The minimum atomic E-state index is -0.132. The number of carbonyl (C=O) groups excluding carboxylic acids is 2. The number of rotatable bonds is 6. The Morgan fingerprint density at radius 3 is 2.40 bits per heavy atom. The molecule has 0 unspecified atom stereocenters. The van der Waals surface area contributed by atoms with E-state index in [4.69, 9.17) is 0 Å². The molecule has 3 rings (SSSR count). The Bertz CT molecular complexity index is 631. The highest BCUT2D eigenvalue weighted by molar-refractivity contribution is 8.00. The van der Waals surface area contributed by atoms with E-state index in [-0.39, 0.29) is 23.1 Å². The van der Waals surface area contributed by atoms with E-state index in [1.54, 1.807) is 11.8 Å². The van der Waals surface area contributed by atoms with Gasteiger partial charge in [0.05, 0.1) is 5.25 Å². The number of carbonyl (C=O) groups is 2. The van der Waals surface area contributed by atoms with E-state index >= 15 is 0 Å². The molecule has 0 heterocycles. The van der Waals surface area contributed by atoms with E-state index in [2.05, 4.69) is 17.6 Å². The zero-order chi connectivity index (χ0) is 18.0. The monoisotopic (exact) mass is 360 g/mol. The van der Waals surface area contributed by atoms with Gasteiger partial charge in [0, 0.05) is 23.5 Å². The van der Waals surface area contributed by atoms with Gasteiger partial charge in [-0.1, -0.05) is 6.42 Å². The topological polar surface area (TPSA) is 58.2 Å². The molecular weight excluding hydrogens is 332 g/mol. The lowest BCUT2D eigenvalue weighted by Gasteiger charge is -2.29. The molecule has 0 aliphatic heterocycles. The van der Waals surface area contributed by atoms with E-state index in [1.807, 2.05) is 31.2 Å². The van der Waals surface area contributed by atoms with Crippen molar-refractivity contribution in [3.63, 3.8) is 0 Å². The van der Waals surface area contributed by atoms with Crippen LogP contribution in [0.3, 0.4) is 0 Å². The van der Waals surface area contributed by atoms with Crippen LogP contribution in [0, 0.1) is 17.8 Å². The van der Waals surface area contributed by atoms with E-state index in [1.165, 1.54) is 32.6 Å². The molecule has 1 aromatic rings. The average molecular weight is 361 g/mol. The van der Waals surface area contributed by atoms with Crippen molar-refractivity contribution in [1.29, 1.82) is 0 Å². The van der Waals surface area contributed by atoms with Gasteiger partial charge in [-0.05, 0) is 75.1 Å². The summed E-state index contributed by atoms with van der Waals surface area (Å²) in [5.74, 6) is 2.43. The van der Waals surface area contributed by atoms with Crippen LogP contribution in [0.1, 0.15) is 46.5 Å². The fourth-order valence-corrected chi connectivity index (χ4v) is 5.31. The minimum absolute atomic E-state index is 0.0808. The zero-order valence-electron chi connectivity index (χ0n) is 15.2. The molecule has 2 amide bonds. The van der Waals surface area contributed by atoms with Gasteiger partial charge in [-0.15, -0.1) is 11.8 Å². The highest BCUT2D eigenvalue weighted by Crippen LogP contribution is 2.49. The second kappa shape index (κ2) is 7.81.